The SMILES string of the molecule is CCN1CCCCC(Cc2cc(CC3CCC(F)(F)CC3)nc(-n3ccc(C)n3)n2)C1. The molecule has 0 bridgehead atoms. The van der Waals surface area contributed by atoms with Crippen LogP contribution >= 0.6 is 0 Å². The van der Waals surface area contributed by atoms with Crippen molar-refractivity contribution in [1.82, 2.24) is 24.6 Å². The first-order valence-electron chi connectivity index (χ1n) is 11.9. The zero-order valence-electron chi connectivity index (χ0n) is 18.9. The zero-order chi connectivity index (χ0) is 21.8. The highest BCUT2D eigenvalue weighted by Crippen LogP contribution is 2.37. The Bertz CT molecular complexity index is 855. The van der Waals surface area contributed by atoms with Crippen molar-refractivity contribution >= 4 is 0 Å². The second-order valence-electron chi connectivity index (χ2n) is 9.51. The molecule has 170 valence electrons. The number of nitrogens with zero attached hydrogens (tertiary/aromatic N) is 5. The van der Waals surface area contributed by atoms with Crippen LogP contribution in [0.15, 0.2) is 18.3 Å². The van der Waals surface area contributed by atoms with Crippen LogP contribution in [0.1, 0.15) is 69.0 Å². The molecule has 2 aromatic rings. The minimum atomic E-state index is -2.49. The van der Waals surface area contributed by atoms with E-state index in [1.807, 2.05) is 19.2 Å². The summed E-state index contributed by atoms with van der Waals surface area (Å²) in [5.74, 6) is -1.04. The van der Waals surface area contributed by atoms with E-state index in [9.17, 15) is 8.78 Å². The van der Waals surface area contributed by atoms with Crippen LogP contribution in [0.4, 0.5) is 8.78 Å². The molecular weight excluding hydrogens is 396 g/mol. The van der Waals surface area contributed by atoms with Gasteiger partial charge in [-0.05, 0) is 82.5 Å². The zero-order valence-corrected chi connectivity index (χ0v) is 18.9. The molecule has 0 radical (unpaired) electrons. The summed E-state index contributed by atoms with van der Waals surface area (Å²) in [5.41, 5.74) is 2.94. The van der Waals surface area contributed by atoms with E-state index >= 15 is 0 Å². The molecule has 31 heavy (non-hydrogen) atoms. The van der Waals surface area contributed by atoms with Gasteiger partial charge in [0, 0.05) is 37.0 Å². The normalized spacial score (nSPS) is 23.0. The first kappa shape index (κ1) is 22.3. The Hall–Kier alpha value is -1.89. The van der Waals surface area contributed by atoms with Crippen molar-refractivity contribution in [2.24, 2.45) is 11.8 Å². The summed E-state index contributed by atoms with van der Waals surface area (Å²) >= 11 is 0. The van der Waals surface area contributed by atoms with Crippen molar-refractivity contribution in [3.8, 4) is 5.95 Å². The third-order valence-electron chi connectivity index (χ3n) is 6.88. The van der Waals surface area contributed by atoms with Crippen molar-refractivity contribution in [3.63, 3.8) is 0 Å². The van der Waals surface area contributed by atoms with Crippen molar-refractivity contribution in [3.05, 3.63) is 35.4 Å². The van der Waals surface area contributed by atoms with Crippen LogP contribution < -0.4 is 0 Å². The first-order valence-corrected chi connectivity index (χ1v) is 11.9. The van der Waals surface area contributed by atoms with E-state index in [0.717, 1.165) is 43.0 Å². The molecule has 2 aliphatic rings. The van der Waals surface area contributed by atoms with E-state index in [-0.39, 0.29) is 18.8 Å². The van der Waals surface area contributed by atoms with Gasteiger partial charge in [-0.15, -0.1) is 0 Å². The maximum atomic E-state index is 13.6. The molecule has 4 rings (SSSR count). The van der Waals surface area contributed by atoms with Gasteiger partial charge in [-0.25, -0.2) is 23.4 Å². The van der Waals surface area contributed by atoms with Crippen molar-refractivity contribution in [2.45, 2.75) is 77.6 Å². The summed E-state index contributed by atoms with van der Waals surface area (Å²) in [6, 6.07) is 4.07. The Balaban J connectivity index is 1.54. The summed E-state index contributed by atoms with van der Waals surface area (Å²) in [7, 11) is 0. The molecule has 0 spiro atoms. The monoisotopic (exact) mass is 431 g/mol. The summed E-state index contributed by atoms with van der Waals surface area (Å²) in [5, 5.41) is 4.50. The van der Waals surface area contributed by atoms with Gasteiger partial charge in [-0.2, -0.15) is 5.10 Å². The van der Waals surface area contributed by atoms with E-state index in [1.165, 1.54) is 25.8 Å². The lowest BCUT2D eigenvalue weighted by Crippen LogP contribution is -2.29. The molecular formula is C24H35F2N5. The van der Waals surface area contributed by atoms with Crippen LogP contribution in [0.2, 0.25) is 0 Å². The summed E-state index contributed by atoms with van der Waals surface area (Å²) < 4.78 is 28.9. The van der Waals surface area contributed by atoms with Gasteiger partial charge in [0.25, 0.3) is 5.95 Å². The largest absolute Gasteiger partial charge is 0.303 e. The number of rotatable bonds is 6. The van der Waals surface area contributed by atoms with Gasteiger partial charge >= 0.3 is 0 Å². The van der Waals surface area contributed by atoms with Gasteiger partial charge in [-0.1, -0.05) is 13.3 Å². The van der Waals surface area contributed by atoms with Crippen molar-refractivity contribution < 1.29 is 8.78 Å². The Kier molecular flexibility index (Phi) is 6.99. The number of hydrogen-bond acceptors (Lipinski definition) is 4. The number of halogens is 2. The van der Waals surface area contributed by atoms with Gasteiger partial charge in [0.15, 0.2) is 0 Å². The number of likely N-dealkylation sites (tertiary alicyclic amines) is 1. The van der Waals surface area contributed by atoms with Gasteiger partial charge in [-0.3, -0.25) is 0 Å². The van der Waals surface area contributed by atoms with Gasteiger partial charge in [0.2, 0.25) is 5.92 Å². The topological polar surface area (TPSA) is 46.8 Å². The van der Waals surface area contributed by atoms with Crippen molar-refractivity contribution in [1.29, 1.82) is 0 Å². The van der Waals surface area contributed by atoms with E-state index < -0.39 is 5.92 Å². The Morgan fingerprint density at radius 2 is 1.74 bits per heavy atom. The molecule has 2 fully saturated rings. The average Bonchev–Trinajstić information content (AvgIpc) is 3.05. The highest BCUT2D eigenvalue weighted by molar-refractivity contribution is 5.21. The molecule has 3 heterocycles. The van der Waals surface area contributed by atoms with Crippen LogP contribution in [0, 0.1) is 18.8 Å². The number of alkyl halides is 2. The summed E-state index contributed by atoms with van der Waals surface area (Å²) in [6.45, 7) is 7.58. The molecule has 1 saturated carbocycles. The fourth-order valence-corrected chi connectivity index (χ4v) is 5.04. The lowest BCUT2D eigenvalue weighted by molar-refractivity contribution is -0.0457. The quantitative estimate of drug-likeness (QED) is 0.646. The molecule has 7 heteroatoms. The van der Waals surface area contributed by atoms with Gasteiger partial charge in [0.1, 0.15) is 0 Å². The Morgan fingerprint density at radius 3 is 2.39 bits per heavy atom. The lowest BCUT2D eigenvalue weighted by atomic mass is 9.84. The number of hydrogen-bond donors (Lipinski definition) is 0. The molecule has 1 unspecified atom stereocenters. The fraction of sp³-hybridized carbons (Fsp3) is 0.708. The molecule has 5 nitrogen and oxygen atoms in total. The molecule has 1 atom stereocenters. The molecule has 1 saturated heterocycles. The lowest BCUT2D eigenvalue weighted by Gasteiger charge is -2.28. The Morgan fingerprint density at radius 1 is 1.03 bits per heavy atom. The first-order chi connectivity index (χ1) is 14.9. The standard InChI is InChI=1S/C24H35F2N5/c1-3-30-12-5-4-6-20(17-30)15-22-16-21(14-19-7-10-24(25,26)11-8-19)27-23(28-22)31-13-9-18(2)29-31/h9,13,16,19-20H,3-8,10-12,14-15,17H2,1-2H3. The summed E-state index contributed by atoms with van der Waals surface area (Å²) in [4.78, 5) is 12.2. The predicted octanol–water partition coefficient (Wildman–Crippen LogP) is 5.00. The van der Waals surface area contributed by atoms with E-state index in [4.69, 9.17) is 9.97 Å². The van der Waals surface area contributed by atoms with Crippen LogP contribution in [0.3, 0.4) is 0 Å². The fourth-order valence-electron chi connectivity index (χ4n) is 5.04. The predicted molar refractivity (Wildman–Crippen MR) is 118 cm³/mol. The van der Waals surface area contributed by atoms with E-state index in [0.29, 0.717) is 24.7 Å². The molecule has 1 aliphatic heterocycles. The molecule has 0 aromatic carbocycles. The maximum Gasteiger partial charge on any atom is 0.250 e. The maximum absolute atomic E-state index is 13.6. The second kappa shape index (κ2) is 9.72. The summed E-state index contributed by atoms with van der Waals surface area (Å²) in [6.07, 6.45) is 8.45. The molecule has 1 aliphatic carbocycles. The minimum Gasteiger partial charge on any atom is -0.303 e. The van der Waals surface area contributed by atoms with Crippen LogP contribution in [0.5, 0.6) is 0 Å². The second-order valence-corrected chi connectivity index (χ2v) is 9.51. The average molecular weight is 432 g/mol. The number of aryl methyl sites for hydroxylation is 1. The Labute approximate surface area is 184 Å². The van der Waals surface area contributed by atoms with Gasteiger partial charge in [0.05, 0.1) is 5.69 Å². The number of aromatic nitrogens is 4. The minimum absolute atomic E-state index is 0.00422. The highest BCUT2D eigenvalue weighted by atomic mass is 19.3. The molecule has 0 amide bonds. The van der Waals surface area contributed by atoms with Crippen LogP contribution in [0.25, 0.3) is 5.95 Å². The third-order valence-corrected chi connectivity index (χ3v) is 6.88. The van der Waals surface area contributed by atoms with E-state index in [2.05, 4.69) is 23.0 Å². The van der Waals surface area contributed by atoms with Crippen LogP contribution in [-0.4, -0.2) is 50.2 Å². The molecule has 2 aromatic heterocycles. The van der Waals surface area contributed by atoms with Gasteiger partial charge < -0.3 is 4.90 Å². The van der Waals surface area contributed by atoms with Crippen LogP contribution in [-0.2, 0) is 12.8 Å². The van der Waals surface area contributed by atoms with E-state index in [1.54, 1.807) is 4.68 Å². The smallest absolute Gasteiger partial charge is 0.250 e. The van der Waals surface area contributed by atoms with Crippen molar-refractivity contribution in [2.75, 3.05) is 19.6 Å². The molecule has 0 N–H and O–H groups in total. The third kappa shape index (κ3) is 6.09. The highest BCUT2D eigenvalue weighted by Gasteiger charge is 2.35.